The molecule has 1 aromatic carbocycles. The number of carbonyl (C=O) groups excluding carboxylic acids is 2. The molecule has 0 aliphatic heterocycles. The normalized spacial score (nSPS) is 11.6. The van der Waals surface area contributed by atoms with Gasteiger partial charge in [0.05, 0.1) is 21.3 Å². The summed E-state index contributed by atoms with van der Waals surface area (Å²) >= 11 is 2.93. The lowest BCUT2D eigenvalue weighted by molar-refractivity contribution is -0.142. The lowest BCUT2D eigenvalue weighted by atomic mass is 10.2. The third-order valence-electron chi connectivity index (χ3n) is 3.77. The Morgan fingerprint density at radius 3 is 2.59 bits per heavy atom. The summed E-state index contributed by atoms with van der Waals surface area (Å²) in [6.45, 7) is 0. The van der Waals surface area contributed by atoms with Gasteiger partial charge in [-0.05, 0) is 36.6 Å². The highest BCUT2D eigenvalue weighted by Gasteiger charge is 2.23. The van der Waals surface area contributed by atoms with E-state index >= 15 is 0 Å². The Balaban J connectivity index is 2.16. The maximum Gasteiger partial charge on any atom is 0.328 e. The molecular weight excluding hydrogens is 388 g/mol. The standard InChI is InChI=1S/C18H22N2O5S2/c1-23-14-6-5-11(9-15(14)24-2)17-20-13(10-27-17)16(21)19-12(7-8-26-4)18(22)25-3/h5-6,9-10,12H,7-8H2,1-4H3,(H,19,21)/t12-/m1/s1. The van der Waals surface area contributed by atoms with Crippen molar-refractivity contribution in [3.05, 3.63) is 29.3 Å². The van der Waals surface area contributed by atoms with Crippen molar-refractivity contribution in [2.45, 2.75) is 12.5 Å². The summed E-state index contributed by atoms with van der Waals surface area (Å²) in [6.07, 6.45) is 2.43. The van der Waals surface area contributed by atoms with Crippen molar-refractivity contribution in [1.29, 1.82) is 0 Å². The van der Waals surface area contributed by atoms with Crippen LogP contribution in [-0.2, 0) is 9.53 Å². The topological polar surface area (TPSA) is 86.8 Å². The van der Waals surface area contributed by atoms with E-state index in [2.05, 4.69) is 10.3 Å². The van der Waals surface area contributed by atoms with Gasteiger partial charge in [0.2, 0.25) is 0 Å². The van der Waals surface area contributed by atoms with E-state index in [1.165, 1.54) is 18.4 Å². The first-order valence-corrected chi connectivity index (χ1v) is 10.4. The number of hydrogen-bond acceptors (Lipinski definition) is 8. The largest absolute Gasteiger partial charge is 0.493 e. The van der Waals surface area contributed by atoms with Gasteiger partial charge in [0.25, 0.3) is 5.91 Å². The second-order valence-corrected chi connectivity index (χ2v) is 7.28. The Hall–Kier alpha value is -2.26. The van der Waals surface area contributed by atoms with Crippen LogP contribution in [0.15, 0.2) is 23.6 Å². The number of thioether (sulfide) groups is 1. The number of esters is 1. The van der Waals surface area contributed by atoms with Gasteiger partial charge in [0, 0.05) is 10.9 Å². The molecule has 1 aromatic heterocycles. The Morgan fingerprint density at radius 2 is 1.96 bits per heavy atom. The number of amides is 1. The first-order chi connectivity index (χ1) is 13.0. The minimum atomic E-state index is -0.693. The fraction of sp³-hybridized carbons (Fsp3) is 0.389. The third kappa shape index (κ3) is 5.36. The smallest absolute Gasteiger partial charge is 0.328 e. The molecule has 1 N–H and O–H groups in total. The van der Waals surface area contributed by atoms with Crippen LogP contribution >= 0.6 is 23.1 Å². The molecule has 1 amide bonds. The monoisotopic (exact) mass is 410 g/mol. The Labute approximate surface area is 166 Å². The highest BCUT2D eigenvalue weighted by atomic mass is 32.2. The molecule has 0 aliphatic rings. The number of benzene rings is 1. The van der Waals surface area contributed by atoms with Gasteiger partial charge in [-0.3, -0.25) is 4.79 Å². The van der Waals surface area contributed by atoms with Gasteiger partial charge in [0.1, 0.15) is 16.7 Å². The number of nitrogens with one attached hydrogen (secondary N) is 1. The molecule has 2 aromatic rings. The third-order valence-corrected chi connectivity index (χ3v) is 5.30. The van der Waals surface area contributed by atoms with Crippen molar-refractivity contribution >= 4 is 35.0 Å². The predicted molar refractivity (Wildman–Crippen MR) is 107 cm³/mol. The summed E-state index contributed by atoms with van der Waals surface area (Å²) in [6, 6.07) is 4.73. The van der Waals surface area contributed by atoms with Gasteiger partial charge in [-0.1, -0.05) is 0 Å². The lowest BCUT2D eigenvalue weighted by Gasteiger charge is -2.15. The summed E-state index contributed by atoms with van der Waals surface area (Å²) < 4.78 is 15.3. The first-order valence-electron chi connectivity index (χ1n) is 8.09. The minimum Gasteiger partial charge on any atom is -0.493 e. The minimum absolute atomic E-state index is 0.253. The van der Waals surface area contributed by atoms with E-state index in [0.29, 0.717) is 22.9 Å². The maximum absolute atomic E-state index is 12.5. The van der Waals surface area contributed by atoms with Crippen molar-refractivity contribution < 1.29 is 23.8 Å². The summed E-state index contributed by atoms with van der Waals surface area (Å²) in [5.41, 5.74) is 1.06. The molecule has 0 bridgehead atoms. The van der Waals surface area contributed by atoms with E-state index in [-0.39, 0.29) is 5.69 Å². The number of rotatable bonds is 9. The van der Waals surface area contributed by atoms with Crippen LogP contribution in [0.25, 0.3) is 10.6 Å². The van der Waals surface area contributed by atoms with Crippen molar-refractivity contribution in [3.63, 3.8) is 0 Å². The molecule has 0 spiro atoms. The molecule has 1 atom stereocenters. The number of ether oxygens (including phenoxy) is 3. The molecule has 0 aliphatic carbocycles. The van der Waals surface area contributed by atoms with Gasteiger partial charge in [0.15, 0.2) is 11.5 Å². The van der Waals surface area contributed by atoms with Crippen molar-refractivity contribution in [2.75, 3.05) is 33.3 Å². The molecule has 0 fully saturated rings. The van der Waals surface area contributed by atoms with Crippen LogP contribution in [0.2, 0.25) is 0 Å². The predicted octanol–water partition coefficient (Wildman–Crippen LogP) is 2.85. The van der Waals surface area contributed by atoms with Crippen LogP contribution in [0.4, 0.5) is 0 Å². The lowest BCUT2D eigenvalue weighted by Crippen LogP contribution is -2.42. The molecule has 0 unspecified atom stereocenters. The zero-order valence-corrected chi connectivity index (χ0v) is 17.2. The quantitative estimate of drug-likeness (QED) is 0.636. The van der Waals surface area contributed by atoms with Gasteiger partial charge in [-0.2, -0.15) is 11.8 Å². The van der Waals surface area contributed by atoms with Crippen LogP contribution < -0.4 is 14.8 Å². The molecule has 0 radical (unpaired) electrons. The average molecular weight is 411 g/mol. The van der Waals surface area contributed by atoms with E-state index in [1.807, 2.05) is 12.3 Å². The van der Waals surface area contributed by atoms with E-state index in [4.69, 9.17) is 14.2 Å². The van der Waals surface area contributed by atoms with Gasteiger partial charge in [-0.15, -0.1) is 11.3 Å². The highest BCUT2D eigenvalue weighted by Crippen LogP contribution is 2.33. The van der Waals surface area contributed by atoms with Crippen LogP contribution in [0.5, 0.6) is 11.5 Å². The Morgan fingerprint density at radius 1 is 1.22 bits per heavy atom. The van der Waals surface area contributed by atoms with Crippen molar-refractivity contribution in [1.82, 2.24) is 10.3 Å². The molecule has 27 heavy (non-hydrogen) atoms. The number of carbonyl (C=O) groups is 2. The molecule has 9 heteroatoms. The van der Waals surface area contributed by atoms with E-state index in [1.54, 1.807) is 43.5 Å². The second-order valence-electron chi connectivity index (χ2n) is 5.44. The Bertz CT molecular complexity index is 794. The van der Waals surface area contributed by atoms with Crippen LogP contribution in [-0.4, -0.2) is 56.2 Å². The molecule has 1 heterocycles. The molecule has 7 nitrogen and oxygen atoms in total. The number of hydrogen-bond donors (Lipinski definition) is 1. The fourth-order valence-corrected chi connectivity index (χ4v) is 3.61. The summed E-state index contributed by atoms with van der Waals surface area (Å²) in [4.78, 5) is 28.7. The maximum atomic E-state index is 12.5. The van der Waals surface area contributed by atoms with Gasteiger partial charge < -0.3 is 19.5 Å². The molecule has 146 valence electrons. The van der Waals surface area contributed by atoms with E-state index < -0.39 is 17.9 Å². The summed E-state index contributed by atoms with van der Waals surface area (Å²) in [5, 5.41) is 5.02. The van der Waals surface area contributed by atoms with Crippen LogP contribution in [0.3, 0.4) is 0 Å². The van der Waals surface area contributed by atoms with Gasteiger partial charge in [-0.25, -0.2) is 9.78 Å². The van der Waals surface area contributed by atoms with E-state index in [9.17, 15) is 9.59 Å². The molecule has 0 saturated heterocycles. The molecular formula is C18H22N2O5S2. The zero-order valence-electron chi connectivity index (χ0n) is 15.6. The molecule has 0 saturated carbocycles. The number of nitrogens with zero attached hydrogens (tertiary/aromatic N) is 1. The number of aromatic nitrogens is 1. The number of thiazole rings is 1. The van der Waals surface area contributed by atoms with Gasteiger partial charge >= 0.3 is 5.97 Å². The van der Waals surface area contributed by atoms with Crippen LogP contribution in [0.1, 0.15) is 16.9 Å². The SMILES string of the molecule is COC(=O)[C@@H](CCSC)NC(=O)c1csc(-c2ccc(OC)c(OC)c2)n1. The highest BCUT2D eigenvalue weighted by molar-refractivity contribution is 7.98. The Kier molecular flexibility index (Phi) is 7.93. The fourth-order valence-electron chi connectivity index (χ4n) is 2.34. The summed E-state index contributed by atoms with van der Waals surface area (Å²) in [7, 11) is 4.43. The molecule has 2 rings (SSSR count). The average Bonchev–Trinajstić information content (AvgIpc) is 3.20. The summed E-state index contributed by atoms with van der Waals surface area (Å²) in [5.74, 6) is 1.06. The first kappa shape index (κ1) is 21.0. The number of methoxy groups -OCH3 is 3. The van der Waals surface area contributed by atoms with E-state index in [0.717, 1.165) is 11.3 Å². The van der Waals surface area contributed by atoms with Crippen molar-refractivity contribution in [3.8, 4) is 22.1 Å². The second kappa shape index (κ2) is 10.2. The van der Waals surface area contributed by atoms with Crippen LogP contribution in [0, 0.1) is 0 Å². The zero-order chi connectivity index (χ0) is 19.8. The van der Waals surface area contributed by atoms with Crippen molar-refractivity contribution in [2.24, 2.45) is 0 Å².